The van der Waals surface area contributed by atoms with Gasteiger partial charge in [0.25, 0.3) is 5.78 Å². The number of rotatable bonds is 4. The summed E-state index contributed by atoms with van der Waals surface area (Å²) in [7, 11) is 28.9. The van der Waals surface area contributed by atoms with Crippen LogP contribution in [0.25, 0.3) is 5.78 Å². The van der Waals surface area contributed by atoms with Crippen LogP contribution in [0.15, 0.2) is 0 Å². The van der Waals surface area contributed by atoms with Gasteiger partial charge in [0.2, 0.25) is 0 Å². The normalized spacial score (nSPS) is 11.9. The zero-order valence-corrected chi connectivity index (χ0v) is 11.5. The number of anilines is 1. The number of fused-ring (bicyclic) bond motifs is 1. The van der Waals surface area contributed by atoms with Gasteiger partial charge >= 0.3 is 0 Å². The Kier molecular flexibility index (Phi) is 3.94. The second-order valence-electron chi connectivity index (χ2n) is 4.48. The van der Waals surface area contributed by atoms with Gasteiger partial charge in [-0.15, -0.1) is 0 Å². The summed E-state index contributed by atoms with van der Waals surface area (Å²) in [4.78, 5) is 10.1. The summed E-state index contributed by atoms with van der Waals surface area (Å²) in [5.41, 5.74) is 0.497. The molecule has 0 aliphatic rings. The molecule has 0 spiro atoms. The number of hydrogen-bond acceptors (Lipinski definition) is 4. The molecule has 90 valence electrons. The molecule has 0 unspecified atom stereocenters. The Labute approximate surface area is 125 Å². The Morgan fingerprint density at radius 1 is 1.10 bits per heavy atom. The Morgan fingerprint density at radius 3 is 2.20 bits per heavy atom. The van der Waals surface area contributed by atoms with Crippen molar-refractivity contribution in [2.45, 2.75) is 19.0 Å². The second kappa shape index (κ2) is 5.22. The molecule has 10 radical (unpaired) electrons. The second-order valence-corrected chi connectivity index (χ2v) is 4.48. The van der Waals surface area contributed by atoms with Crippen molar-refractivity contribution in [1.82, 2.24) is 19.6 Å². The molecule has 20 heavy (non-hydrogen) atoms. The van der Waals surface area contributed by atoms with Gasteiger partial charge in [-0.05, 0) is 19.3 Å². The van der Waals surface area contributed by atoms with Crippen LogP contribution >= 0.6 is 0 Å². The lowest BCUT2D eigenvalue weighted by Crippen LogP contribution is -2.40. The first-order chi connectivity index (χ1) is 9.29. The monoisotopic (exact) mass is 255 g/mol. The third-order valence-corrected chi connectivity index (χ3v) is 2.99. The lowest BCUT2D eigenvalue weighted by Gasteiger charge is -2.29. The van der Waals surface area contributed by atoms with Crippen molar-refractivity contribution >= 4 is 62.0 Å². The van der Waals surface area contributed by atoms with Crippen LogP contribution in [-0.2, 0) is 5.11 Å². The van der Waals surface area contributed by atoms with Gasteiger partial charge in [0.1, 0.15) is 13.7 Å². The van der Waals surface area contributed by atoms with E-state index < -0.39 is 5.11 Å². The molecule has 5 nitrogen and oxygen atoms in total. The Bertz CT molecular complexity index is 631. The van der Waals surface area contributed by atoms with E-state index in [1.54, 1.807) is 0 Å². The molecule has 2 rings (SSSR count). The summed E-state index contributed by atoms with van der Waals surface area (Å²) in [5.74, 6) is 0.823. The molecule has 0 aliphatic carbocycles. The topological polar surface area (TPSA) is 46.3 Å². The molecule has 0 fully saturated rings. The molecule has 2 aromatic rings. The third kappa shape index (κ3) is 2.48. The summed E-state index contributed by atoms with van der Waals surface area (Å²) in [5, 5.41) is 2.42. The van der Waals surface area contributed by atoms with Gasteiger partial charge in [-0.1, -0.05) is 5.11 Å². The van der Waals surface area contributed by atoms with Gasteiger partial charge < -0.3 is 4.90 Å². The molecule has 2 aromatic heterocycles. The van der Waals surface area contributed by atoms with Gasteiger partial charge in [0.15, 0.2) is 7.85 Å². The van der Waals surface area contributed by atoms with Crippen molar-refractivity contribution in [3.05, 3.63) is 5.69 Å². The van der Waals surface area contributed by atoms with Gasteiger partial charge in [0, 0.05) is 18.8 Å². The molecule has 0 N–H and O–H groups in total. The fourth-order valence-electron chi connectivity index (χ4n) is 2.07. The molecule has 0 saturated carbocycles. The highest BCUT2D eigenvalue weighted by atomic mass is 15.4. The van der Waals surface area contributed by atoms with Gasteiger partial charge in [-0.2, -0.15) is 9.61 Å². The lowest BCUT2D eigenvalue weighted by atomic mass is 9.40. The first kappa shape index (κ1) is 15.1. The van der Waals surface area contributed by atoms with E-state index in [9.17, 15) is 0 Å². The average molecular weight is 254 g/mol. The quantitative estimate of drug-likeness (QED) is 0.552. The minimum Gasteiger partial charge on any atom is -0.357 e. The van der Waals surface area contributed by atoms with Crippen LogP contribution in [0.4, 0.5) is 5.82 Å². The number of aromatic nitrogens is 4. The van der Waals surface area contributed by atoms with Crippen LogP contribution in [0, 0.1) is 0 Å². The standard InChI is InChI=1S/C10H10B5N5/c1-3-19(4-2)7-5(11)6(10(13,14)15)16-9-17-8(12)18-20(7)9/h3-4H2,1-2H3. The van der Waals surface area contributed by atoms with E-state index in [1.807, 2.05) is 18.7 Å². The van der Waals surface area contributed by atoms with E-state index >= 15 is 0 Å². The van der Waals surface area contributed by atoms with Crippen LogP contribution in [-0.4, -0.2) is 71.9 Å². The summed E-state index contributed by atoms with van der Waals surface area (Å²) < 4.78 is 1.47. The molecule has 2 heterocycles. The number of nitrogens with zero attached hydrogens (tertiary/aromatic N) is 5. The largest absolute Gasteiger partial charge is 0.357 e. The molecule has 0 aliphatic heterocycles. The zero-order valence-electron chi connectivity index (χ0n) is 11.5. The van der Waals surface area contributed by atoms with E-state index in [2.05, 4.69) is 15.1 Å². The minimum absolute atomic E-state index is 0.0825. The van der Waals surface area contributed by atoms with Gasteiger partial charge in [-0.25, -0.2) is 9.97 Å². The van der Waals surface area contributed by atoms with Crippen molar-refractivity contribution in [1.29, 1.82) is 0 Å². The van der Waals surface area contributed by atoms with Crippen LogP contribution in [0.2, 0.25) is 0 Å². The SMILES string of the molecule is [B]c1nc2nc(C([B])([B])[B])c([B])c(N(CC)CC)n2n1. The van der Waals surface area contributed by atoms with Crippen LogP contribution in [0.1, 0.15) is 19.5 Å². The lowest BCUT2D eigenvalue weighted by molar-refractivity contribution is 0.802. The van der Waals surface area contributed by atoms with Crippen molar-refractivity contribution in [2.24, 2.45) is 0 Å². The Balaban J connectivity index is 2.83. The fourth-order valence-corrected chi connectivity index (χ4v) is 2.07. The van der Waals surface area contributed by atoms with E-state index in [-0.39, 0.29) is 22.7 Å². The van der Waals surface area contributed by atoms with Crippen molar-refractivity contribution in [3.63, 3.8) is 0 Å². The minimum atomic E-state index is -1.67. The highest BCUT2D eigenvalue weighted by Gasteiger charge is 2.23. The molecular weight excluding hydrogens is 244 g/mol. The third-order valence-electron chi connectivity index (χ3n) is 2.99. The van der Waals surface area contributed by atoms with Crippen molar-refractivity contribution < 1.29 is 0 Å². The maximum Gasteiger partial charge on any atom is 0.253 e. The smallest absolute Gasteiger partial charge is 0.253 e. The van der Waals surface area contributed by atoms with E-state index in [0.29, 0.717) is 18.9 Å². The zero-order chi connectivity index (χ0) is 15.1. The molecule has 0 saturated heterocycles. The Morgan fingerprint density at radius 2 is 1.70 bits per heavy atom. The number of hydrogen-bond donors (Lipinski definition) is 0. The van der Waals surface area contributed by atoms with Crippen molar-refractivity contribution in [2.75, 3.05) is 18.0 Å². The highest BCUT2D eigenvalue weighted by molar-refractivity contribution is 6.60. The molecule has 10 heteroatoms. The molecule has 0 aromatic carbocycles. The highest BCUT2D eigenvalue weighted by Crippen LogP contribution is 2.17. The molecule has 0 atom stereocenters. The van der Waals surface area contributed by atoms with Crippen LogP contribution < -0.4 is 16.1 Å². The van der Waals surface area contributed by atoms with Crippen LogP contribution in [0.5, 0.6) is 0 Å². The van der Waals surface area contributed by atoms with Gasteiger partial charge in [0.05, 0.1) is 29.3 Å². The molecule has 0 amide bonds. The summed E-state index contributed by atoms with van der Waals surface area (Å²) >= 11 is 0. The van der Waals surface area contributed by atoms with Gasteiger partial charge in [-0.3, -0.25) is 0 Å². The Hall–Kier alpha value is -1.33. The van der Waals surface area contributed by atoms with Crippen LogP contribution in [0.3, 0.4) is 0 Å². The average Bonchev–Trinajstić information content (AvgIpc) is 2.71. The molecular formula is C10H10B5N5. The van der Waals surface area contributed by atoms with E-state index in [4.69, 9.17) is 39.2 Å². The summed E-state index contributed by atoms with van der Waals surface area (Å²) in [6.45, 7) is 5.36. The predicted octanol–water partition coefficient (Wildman–Crippen LogP) is -2.83. The first-order valence-corrected chi connectivity index (χ1v) is 6.23. The summed E-state index contributed by atoms with van der Waals surface area (Å²) in [6.07, 6.45) is 0. The fraction of sp³-hybridized carbons (Fsp3) is 0.500. The summed E-state index contributed by atoms with van der Waals surface area (Å²) in [6, 6.07) is 0. The predicted molar refractivity (Wildman–Crippen MR) is 84.1 cm³/mol. The first-order valence-electron chi connectivity index (χ1n) is 6.23. The maximum atomic E-state index is 6.12. The molecule has 0 bridgehead atoms. The van der Waals surface area contributed by atoms with Crippen molar-refractivity contribution in [3.8, 4) is 0 Å². The maximum absolute atomic E-state index is 6.12. The van der Waals surface area contributed by atoms with E-state index in [1.165, 1.54) is 4.52 Å². The van der Waals surface area contributed by atoms with E-state index in [0.717, 1.165) is 0 Å².